The van der Waals surface area contributed by atoms with Gasteiger partial charge in [0.2, 0.25) is 5.91 Å². The molecule has 1 N–H and O–H groups in total. The van der Waals surface area contributed by atoms with E-state index in [9.17, 15) is 4.79 Å². The Balaban J connectivity index is 2.31. The van der Waals surface area contributed by atoms with Crippen LogP contribution in [0.3, 0.4) is 0 Å². The second-order valence-corrected chi connectivity index (χ2v) is 6.84. The summed E-state index contributed by atoms with van der Waals surface area (Å²) < 4.78 is 0. The monoisotopic (exact) mass is 282 g/mol. The molecule has 0 aliphatic heterocycles. The van der Waals surface area contributed by atoms with Gasteiger partial charge in [0.25, 0.3) is 0 Å². The van der Waals surface area contributed by atoms with Crippen molar-refractivity contribution in [2.75, 3.05) is 19.6 Å². The van der Waals surface area contributed by atoms with Crippen LogP contribution in [0.4, 0.5) is 0 Å². The Bertz CT molecular complexity index is 289. The van der Waals surface area contributed by atoms with Gasteiger partial charge in [0.05, 0.1) is 6.54 Å². The highest BCUT2D eigenvalue weighted by atomic mass is 16.2. The van der Waals surface area contributed by atoms with Gasteiger partial charge in [-0.2, -0.15) is 0 Å². The molecule has 1 aliphatic carbocycles. The number of carbonyl (C=O) groups is 1. The second kappa shape index (κ2) is 8.02. The predicted molar refractivity (Wildman–Crippen MR) is 85.7 cm³/mol. The van der Waals surface area contributed by atoms with E-state index in [2.05, 4.69) is 26.1 Å². The van der Waals surface area contributed by atoms with E-state index >= 15 is 0 Å². The standard InChI is InChI=1S/C17H34N2O/c1-6-17(4,5)14-9-11-15(12-10-14)18-13-16(20)19(7-2)8-3/h14-15,18H,6-13H2,1-5H3. The Morgan fingerprint density at radius 1 is 1.10 bits per heavy atom. The predicted octanol–water partition coefficient (Wildman–Crippen LogP) is 3.44. The summed E-state index contributed by atoms with van der Waals surface area (Å²) in [6.45, 7) is 13.3. The molecule has 3 nitrogen and oxygen atoms in total. The van der Waals surface area contributed by atoms with Crippen molar-refractivity contribution in [3.05, 3.63) is 0 Å². The summed E-state index contributed by atoms with van der Waals surface area (Å²) in [6.07, 6.45) is 6.31. The van der Waals surface area contributed by atoms with Gasteiger partial charge in [-0.05, 0) is 50.9 Å². The van der Waals surface area contributed by atoms with E-state index < -0.39 is 0 Å². The number of carbonyl (C=O) groups excluding carboxylic acids is 1. The van der Waals surface area contributed by atoms with Gasteiger partial charge < -0.3 is 10.2 Å². The third-order valence-electron chi connectivity index (χ3n) is 5.40. The third-order valence-corrected chi connectivity index (χ3v) is 5.40. The van der Waals surface area contributed by atoms with Crippen molar-refractivity contribution in [1.29, 1.82) is 0 Å². The molecule has 0 saturated heterocycles. The molecule has 0 heterocycles. The molecular formula is C17H34N2O. The smallest absolute Gasteiger partial charge is 0.236 e. The first-order chi connectivity index (χ1) is 9.44. The topological polar surface area (TPSA) is 32.3 Å². The fourth-order valence-electron chi connectivity index (χ4n) is 3.29. The lowest BCUT2D eigenvalue weighted by Gasteiger charge is -2.39. The number of likely N-dealkylation sites (N-methyl/N-ethyl adjacent to an activating group) is 1. The van der Waals surface area contributed by atoms with Gasteiger partial charge in [0.15, 0.2) is 0 Å². The summed E-state index contributed by atoms with van der Waals surface area (Å²) in [5, 5.41) is 3.47. The van der Waals surface area contributed by atoms with Crippen LogP contribution in [0.1, 0.15) is 66.7 Å². The zero-order valence-electron chi connectivity index (χ0n) is 14.2. The van der Waals surface area contributed by atoms with Crippen molar-refractivity contribution >= 4 is 5.91 Å². The maximum absolute atomic E-state index is 12.0. The zero-order valence-corrected chi connectivity index (χ0v) is 14.2. The fourth-order valence-corrected chi connectivity index (χ4v) is 3.29. The van der Waals surface area contributed by atoms with Gasteiger partial charge in [0, 0.05) is 19.1 Å². The normalized spacial score (nSPS) is 23.6. The SMILES string of the molecule is CCN(CC)C(=O)CNC1CCC(C(C)(C)CC)CC1. The van der Waals surface area contributed by atoms with E-state index in [1.54, 1.807) is 0 Å². The number of nitrogens with one attached hydrogen (secondary N) is 1. The largest absolute Gasteiger partial charge is 0.342 e. The molecule has 3 heteroatoms. The number of hydrogen-bond donors (Lipinski definition) is 1. The van der Waals surface area contributed by atoms with Crippen LogP contribution < -0.4 is 5.32 Å². The molecule has 0 atom stereocenters. The molecular weight excluding hydrogens is 248 g/mol. The van der Waals surface area contributed by atoms with Crippen LogP contribution in [0, 0.1) is 11.3 Å². The molecule has 1 saturated carbocycles. The van der Waals surface area contributed by atoms with Gasteiger partial charge in [-0.3, -0.25) is 4.79 Å². The Labute approximate surface area is 125 Å². The van der Waals surface area contributed by atoms with Crippen molar-refractivity contribution in [2.24, 2.45) is 11.3 Å². The Morgan fingerprint density at radius 3 is 2.10 bits per heavy atom. The van der Waals surface area contributed by atoms with Crippen LogP contribution in [0.25, 0.3) is 0 Å². The summed E-state index contributed by atoms with van der Waals surface area (Å²) in [5.41, 5.74) is 0.474. The lowest BCUT2D eigenvalue weighted by molar-refractivity contribution is -0.130. The van der Waals surface area contributed by atoms with Gasteiger partial charge in [-0.15, -0.1) is 0 Å². The van der Waals surface area contributed by atoms with Crippen LogP contribution in [0.15, 0.2) is 0 Å². The highest BCUT2D eigenvalue weighted by Crippen LogP contribution is 2.40. The molecule has 1 amide bonds. The van der Waals surface area contributed by atoms with Crippen LogP contribution in [-0.2, 0) is 4.79 Å². The second-order valence-electron chi connectivity index (χ2n) is 6.84. The molecule has 1 fully saturated rings. The summed E-state index contributed by atoms with van der Waals surface area (Å²) in [4.78, 5) is 13.9. The van der Waals surface area contributed by atoms with E-state index in [1.807, 2.05) is 18.7 Å². The number of amides is 1. The molecule has 1 aliphatic rings. The van der Waals surface area contributed by atoms with E-state index in [0.717, 1.165) is 19.0 Å². The first kappa shape index (κ1) is 17.5. The molecule has 0 radical (unpaired) electrons. The number of nitrogens with zero attached hydrogens (tertiary/aromatic N) is 1. The van der Waals surface area contributed by atoms with Crippen molar-refractivity contribution in [1.82, 2.24) is 10.2 Å². The quantitative estimate of drug-likeness (QED) is 0.776. The van der Waals surface area contributed by atoms with Crippen molar-refractivity contribution in [2.45, 2.75) is 72.8 Å². The van der Waals surface area contributed by atoms with Gasteiger partial charge in [-0.1, -0.05) is 27.2 Å². The van der Waals surface area contributed by atoms with Crippen LogP contribution in [0.5, 0.6) is 0 Å². The fraction of sp³-hybridized carbons (Fsp3) is 0.941. The minimum absolute atomic E-state index is 0.242. The van der Waals surface area contributed by atoms with Crippen molar-refractivity contribution < 1.29 is 4.79 Å². The summed E-state index contributed by atoms with van der Waals surface area (Å²) in [7, 11) is 0. The molecule has 1 rings (SSSR count). The molecule has 0 unspecified atom stereocenters. The average molecular weight is 282 g/mol. The highest BCUT2D eigenvalue weighted by Gasteiger charge is 2.31. The van der Waals surface area contributed by atoms with E-state index in [1.165, 1.54) is 32.1 Å². The first-order valence-electron chi connectivity index (χ1n) is 8.45. The van der Waals surface area contributed by atoms with Gasteiger partial charge in [-0.25, -0.2) is 0 Å². The number of rotatable bonds is 7. The lowest BCUT2D eigenvalue weighted by atomic mass is 9.69. The number of hydrogen-bond acceptors (Lipinski definition) is 2. The van der Waals surface area contributed by atoms with Crippen molar-refractivity contribution in [3.8, 4) is 0 Å². The molecule has 0 spiro atoms. The molecule has 0 aromatic rings. The minimum Gasteiger partial charge on any atom is -0.342 e. The zero-order chi connectivity index (χ0) is 15.2. The van der Waals surface area contributed by atoms with Gasteiger partial charge in [0.1, 0.15) is 0 Å². The van der Waals surface area contributed by atoms with Crippen LogP contribution in [0.2, 0.25) is 0 Å². The Hall–Kier alpha value is -0.570. The molecule has 0 aromatic heterocycles. The summed E-state index contributed by atoms with van der Waals surface area (Å²) >= 11 is 0. The molecule has 0 aromatic carbocycles. The molecule has 20 heavy (non-hydrogen) atoms. The summed E-state index contributed by atoms with van der Waals surface area (Å²) in [5.74, 6) is 1.09. The summed E-state index contributed by atoms with van der Waals surface area (Å²) in [6, 6.07) is 0.540. The van der Waals surface area contributed by atoms with Crippen LogP contribution >= 0.6 is 0 Å². The van der Waals surface area contributed by atoms with Gasteiger partial charge >= 0.3 is 0 Å². The molecule has 118 valence electrons. The third kappa shape index (κ3) is 4.76. The van der Waals surface area contributed by atoms with Crippen LogP contribution in [-0.4, -0.2) is 36.5 Å². The minimum atomic E-state index is 0.242. The molecule has 0 bridgehead atoms. The Kier molecular flexibility index (Phi) is 7.01. The lowest BCUT2D eigenvalue weighted by Crippen LogP contribution is -2.43. The van der Waals surface area contributed by atoms with Crippen molar-refractivity contribution in [3.63, 3.8) is 0 Å². The maximum Gasteiger partial charge on any atom is 0.236 e. The average Bonchev–Trinajstić information content (AvgIpc) is 2.47. The van der Waals surface area contributed by atoms with E-state index in [4.69, 9.17) is 0 Å². The van der Waals surface area contributed by atoms with E-state index in [0.29, 0.717) is 18.0 Å². The first-order valence-corrected chi connectivity index (χ1v) is 8.45. The Morgan fingerprint density at radius 2 is 1.65 bits per heavy atom. The van der Waals surface area contributed by atoms with E-state index in [-0.39, 0.29) is 5.91 Å². The highest BCUT2D eigenvalue weighted by molar-refractivity contribution is 5.78. The maximum atomic E-state index is 12.0.